The van der Waals surface area contributed by atoms with Gasteiger partial charge in [-0.25, -0.2) is 9.78 Å². The normalized spacial score (nSPS) is 12.7. The molecule has 1 N–H and O–H groups in total. The Labute approximate surface area is 84.0 Å². The minimum absolute atomic E-state index is 0.171. The van der Waals surface area contributed by atoms with E-state index in [1.54, 1.807) is 16.8 Å². The molecule has 0 saturated heterocycles. The van der Waals surface area contributed by atoms with Crippen LogP contribution in [0.15, 0.2) is 23.3 Å². The fraction of sp³-hybridized carbons (Fsp3) is 0.600. The Morgan fingerprint density at radius 2 is 2.43 bits per heavy atom. The highest BCUT2D eigenvalue weighted by Crippen LogP contribution is 1.95. The molecule has 1 unspecified atom stereocenters. The minimum atomic E-state index is -0.171. The first-order chi connectivity index (χ1) is 6.74. The van der Waals surface area contributed by atoms with Gasteiger partial charge >= 0.3 is 5.69 Å². The van der Waals surface area contributed by atoms with Gasteiger partial charge in [0, 0.05) is 18.9 Å². The molecule has 1 aromatic rings. The highest BCUT2D eigenvalue weighted by atomic mass is 16.1. The van der Waals surface area contributed by atoms with Crippen molar-refractivity contribution < 1.29 is 0 Å². The summed E-state index contributed by atoms with van der Waals surface area (Å²) in [6, 6.07) is 1.78. The van der Waals surface area contributed by atoms with Crippen molar-refractivity contribution in [2.75, 3.05) is 13.1 Å². The minimum Gasteiger partial charge on any atom is -0.317 e. The lowest BCUT2D eigenvalue weighted by molar-refractivity contribution is 0.440. The predicted molar refractivity (Wildman–Crippen MR) is 56.2 cm³/mol. The molecule has 1 atom stereocenters. The van der Waals surface area contributed by atoms with Crippen molar-refractivity contribution in [3.8, 4) is 0 Å². The largest absolute Gasteiger partial charge is 0.347 e. The molecule has 0 bridgehead atoms. The number of hydrogen-bond acceptors (Lipinski definition) is 3. The maximum atomic E-state index is 11.3. The quantitative estimate of drug-likeness (QED) is 0.743. The van der Waals surface area contributed by atoms with Crippen molar-refractivity contribution in [1.82, 2.24) is 14.9 Å². The zero-order valence-corrected chi connectivity index (χ0v) is 8.73. The van der Waals surface area contributed by atoms with Crippen molar-refractivity contribution in [1.29, 1.82) is 0 Å². The third-order valence-electron chi connectivity index (χ3n) is 2.03. The maximum absolute atomic E-state index is 11.3. The van der Waals surface area contributed by atoms with E-state index in [2.05, 4.69) is 24.1 Å². The molecule has 0 aliphatic heterocycles. The summed E-state index contributed by atoms with van der Waals surface area (Å²) in [5.41, 5.74) is -0.171. The Balaban J connectivity index is 2.52. The van der Waals surface area contributed by atoms with Crippen molar-refractivity contribution >= 4 is 0 Å². The second kappa shape index (κ2) is 5.54. The number of rotatable bonds is 5. The number of nitrogens with zero attached hydrogens (tertiary/aromatic N) is 2. The van der Waals surface area contributed by atoms with Crippen molar-refractivity contribution in [3.05, 3.63) is 28.9 Å². The van der Waals surface area contributed by atoms with E-state index in [0.717, 1.165) is 19.6 Å². The first kappa shape index (κ1) is 10.9. The Morgan fingerprint density at radius 3 is 3.07 bits per heavy atom. The highest BCUT2D eigenvalue weighted by Gasteiger charge is 2.03. The molecule has 0 aromatic carbocycles. The van der Waals surface area contributed by atoms with E-state index in [1.165, 1.54) is 6.20 Å². The van der Waals surface area contributed by atoms with Crippen LogP contribution in [0.3, 0.4) is 0 Å². The molecule has 1 heterocycles. The third-order valence-corrected chi connectivity index (χ3v) is 2.03. The molecule has 0 fully saturated rings. The molecule has 1 rings (SSSR count). The summed E-state index contributed by atoms with van der Waals surface area (Å²) in [6.07, 6.45) is 3.30. The monoisotopic (exact) mass is 195 g/mol. The van der Waals surface area contributed by atoms with Crippen LogP contribution in [-0.2, 0) is 6.54 Å². The van der Waals surface area contributed by atoms with Gasteiger partial charge in [0.15, 0.2) is 0 Å². The molecule has 14 heavy (non-hydrogen) atoms. The molecule has 0 aliphatic rings. The van der Waals surface area contributed by atoms with Gasteiger partial charge in [0.25, 0.3) is 0 Å². The third kappa shape index (κ3) is 3.30. The molecular weight excluding hydrogens is 178 g/mol. The van der Waals surface area contributed by atoms with Crippen LogP contribution in [0.4, 0.5) is 0 Å². The van der Waals surface area contributed by atoms with Gasteiger partial charge in [0.2, 0.25) is 0 Å². The summed E-state index contributed by atoms with van der Waals surface area (Å²) < 4.78 is 1.64. The Hall–Kier alpha value is -1.16. The summed E-state index contributed by atoms with van der Waals surface area (Å²) in [6.45, 7) is 6.80. The van der Waals surface area contributed by atoms with Crippen LogP contribution < -0.4 is 11.0 Å². The fourth-order valence-corrected chi connectivity index (χ4v) is 1.32. The van der Waals surface area contributed by atoms with Crippen LogP contribution in [0.2, 0.25) is 0 Å². The van der Waals surface area contributed by atoms with Crippen LogP contribution in [-0.4, -0.2) is 22.6 Å². The van der Waals surface area contributed by atoms with E-state index in [4.69, 9.17) is 0 Å². The fourth-order valence-electron chi connectivity index (χ4n) is 1.32. The van der Waals surface area contributed by atoms with Gasteiger partial charge in [-0.05, 0) is 25.1 Å². The SMILES string of the molecule is CCNCC(C)Cn1cccnc1=O. The van der Waals surface area contributed by atoms with E-state index in [1.807, 2.05) is 0 Å². The number of aromatic nitrogens is 2. The zero-order valence-electron chi connectivity index (χ0n) is 8.73. The summed E-state index contributed by atoms with van der Waals surface area (Å²) in [7, 11) is 0. The van der Waals surface area contributed by atoms with Crippen molar-refractivity contribution in [3.63, 3.8) is 0 Å². The average Bonchev–Trinajstić information content (AvgIpc) is 2.18. The van der Waals surface area contributed by atoms with E-state index < -0.39 is 0 Å². The molecule has 0 aliphatic carbocycles. The second-order valence-electron chi connectivity index (χ2n) is 3.47. The summed E-state index contributed by atoms with van der Waals surface area (Å²) in [5.74, 6) is 0.442. The molecule has 0 spiro atoms. The van der Waals surface area contributed by atoms with Gasteiger partial charge < -0.3 is 5.32 Å². The van der Waals surface area contributed by atoms with Crippen LogP contribution in [0.1, 0.15) is 13.8 Å². The van der Waals surface area contributed by atoms with E-state index in [9.17, 15) is 4.79 Å². The lowest BCUT2D eigenvalue weighted by atomic mass is 10.2. The smallest absolute Gasteiger partial charge is 0.317 e. The first-order valence-electron chi connectivity index (χ1n) is 4.96. The Bertz CT molecular complexity index is 321. The van der Waals surface area contributed by atoms with Crippen LogP contribution in [0, 0.1) is 5.92 Å². The van der Waals surface area contributed by atoms with E-state index >= 15 is 0 Å². The molecule has 0 amide bonds. The van der Waals surface area contributed by atoms with Gasteiger partial charge in [-0.15, -0.1) is 0 Å². The highest BCUT2D eigenvalue weighted by molar-refractivity contribution is 4.81. The van der Waals surface area contributed by atoms with Crippen molar-refractivity contribution in [2.45, 2.75) is 20.4 Å². The topological polar surface area (TPSA) is 46.9 Å². The van der Waals surface area contributed by atoms with Crippen molar-refractivity contribution in [2.24, 2.45) is 5.92 Å². The van der Waals surface area contributed by atoms with Gasteiger partial charge in [-0.2, -0.15) is 0 Å². The lowest BCUT2D eigenvalue weighted by Gasteiger charge is -2.12. The molecule has 4 nitrogen and oxygen atoms in total. The van der Waals surface area contributed by atoms with Gasteiger partial charge in [0.1, 0.15) is 0 Å². The molecule has 0 saturated carbocycles. The average molecular weight is 195 g/mol. The second-order valence-corrected chi connectivity index (χ2v) is 3.47. The van der Waals surface area contributed by atoms with Crippen LogP contribution in [0.25, 0.3) is 0 Å². The first-order valence-corrected chi connectivity index (χ1v) is 4.96. The van der Waals surface area contributed by atoms with Crippen LogP contribution >= 0.6 is 0 Å². The molecule has 78 valence electrons. The molecule has 1 aromatic heterocycles. The summed E-state index contributed by atoms with van der Waals surface area (Å²) in [5, 5.41) is 3.25. The van der Waals surface area contributed by atoms with Gasteiger partial charge in [0.05, 0.1) is 0 Å². The Morgan fingerprint density at radius 1 is 1.64 bits per heavy atom. The van der Waals surface area contributed by atoms with E-state index in [-0.39, 0.29) is 5.69 Å². The molecule has 4 heteroatoms. The standard InChI is InChI=1S/C10H17N3O/c1-3-11-7-9(2)8-13-6-4-5-12-10(13)14/h4-6,9,11H,3,7-8H2,1-2H3. The number of nitrogens with one attached hydrogen (secondary N) is 1. The maximum Gasteiger partial charge on any atom is 0.347 e. The molecular formula is C10H17N3O. The van der Waals surface area contributed by atoms with E-state index in [0.29, 0.717) is 5.92 Å². The van der Waals surface area contributed by atoms with Crippen LogP contribution in [0.5, 0.6) is 0 Å². The summed E-state index contributed by atoms with van der Waals surface area (Å²) >= 11 is 0. The zero-order chi connectivity index (χ0) is 10.4. The van der Waals surface area contributed by atoms with Gasteiger partial charge in [-0.3, -0.25) is 4.57 Å². The van der Waals surface area contributed by atoms with Gasteiger partial charge in [-0.1, -0.05) is 13.8 Å². The summed E-state index contributed by atoms with van der Waals surface area (Å²) in [4.78, 5) is 15.0. The lowest BCUT2D eigenvalue weighted by Crippen LogP contribution is -2.29. The predicted octanol–water partition coefficient (Wildman–Crippen LogP) is 0.489. The Kier molecular flexibility index (Phi) is 4.32. The number of hydrogen-bond donors (Lipinski definition) is 1. The molecule has 0 radical (unpaired) electrons.